The van der Waals surface area contributed by atoms with E-state index in [0.29, 0.717) is 0 Å². The molecule has 0 radical (unpaired) electrons. The Morgan fingerprint density at radius 3 is 2.44 bits per heavy atom. The molecule has 0 saturated carbocycles. The second-order valence-corrected chi connectivity index (χ2v) is 4.30. The molecule has 0 aromatic heterocycles. The van der Waals surface area contributed by atoms with Crippen molar-refractivity contribution >= 4 is 5.97 Å². The summed E-state index contributed by atoms with van der Waals surface area (Å²) in [6.07, 6.45) is 0. The predicted octanol–water partition coefficient (Wildman–Crippen LogP) is 0.726. The molecule has 1 aromatic carbocycles. The third kappa shape index (κ3) is 2.80. The van der Waals surface area contributed by atoms with Gasteiger partial charge in [-0.3, -0.25) is 9.69 Å². The fraction of sp³-hybridized carbons (Fsp3) is 0.462. The Hall–Kier alpha value is -1.59. The number of aliphatic carboxylic acids is 1. The summed E-state index contributed by atoms with van der Waals surface area (Å²) in [5, 5.41) is 12.6. The average Bonchev–Trinajstić information content (AvgIpc) is 2.40. The lowest BCUT2D eigenvalue weighted by Crippen LogP contribution is -2.47. The summed E-state index contributed by atoms with van der Waals surface area (Å²) in [6, 6.07) is 6.67. The van der Waals surface area contributed by atoms with Gasteiger partial charge < -0.3 is 15.2 Å². The maximum absolute atomic E-state index is 11.5. The molecule has 1 atom stereocenters. The van der Waals surface area contributed by atoms with Crippen LogP contribution in [0, 0.1) is 0 Å². The first kappa shape index (κ1) is 12.9. The smallest absolute Gasteiger partial charge is 0.325 e. The van der Waals surface area contributed by atoms with Crippen LogP contribution in [0.1, 0.15) is 11.6 Å². The number of piperazine rings is 1. The van der Waals surface area contributed by atoms with E-state index < -0.39 is 12.0 Å². The van der Waals surface area contributed by atoms with Gasteiger partial charge in [0.25, 0.3) is 0 Å². The van der Waals surface area contributed by atoms with Gasteiger partial charge in [0.1, 0.15) is 11.8 Å². The fourth-order valence-corrected chi connectivity index (χ4v) is 2.24. The highest BCUT2D eigenvalue weighted by atomic mass is 16.5. The minimum Gasteiger partial charge on any atom is -0.497 e. The molecule has 0 aliphatic carbocycles. The van der Waals surface area contributed by atoms with Crippen LogP contribution in [0.15, 0.2) is 24.3 Å². The van der Waals surface area contributed by atoms with Crippen molar-refractivity contribution in [1.82, 2.24) is 10.2 Å². The first-order valence-corrected chi connectivity index (χ1v) is 6.04. The van der Waals surface area contributed by atoms with Gasteiger partial charge >= 0.3 is 5.97 Å². The van der Waals surface area contributed by atoms with Crippen LogP contribution >= 0.6 is 0 Å². The van der Waals surface area contributed by atoms with Crippen molar-refractivity contribution in [1.29, 1.82) is 0 Å². The molecular formula is C13H18N2O3. The van der Waals surface area contributed by atoms with Crippen molar-refractivity contribution in [2.75, 3.05) is 33.3 Å². The maximum atomic E-state index is 11.5. The summed E-state index contributed by atoms with van der Waals surface area (Å²) in [5.41, 5.74) is 0.796. The van der Waals surface area contributed by atoms with Gasteiger partial charge in [0.2, 0.25) is 0 Å². The molecule has 0 bridgehead atoms. The quantitative estimate of drug-likeness (QED) is 0.824. The highest BCUT2D eigenvalue weighted by Crippen LogP contribution is 2.23. The number of carboxylic acids is 1. The molecule has 98 valence electrons. The number of rotatable bonds is 4. The van der Waals surface area contributed by atoms with Crippen LogP contribution in [0.2, 0.25) is 0 Å². The summed E-state index contributed by atoms with van der Waals surface area (Å²) >= 11 is 0. The zero-order valence-corrected chi connectivity index (χ0v) is 10.4. The summed E-state index contributed by atoms with van der Waals surface area (Å²) in [5.74, 6) is -0.0646. The van der Waals surface area contributed by atoms with E-state index in [9.17, 15) is 9.90 Å². The van der Waals surface area contributed by atoms with Gasteiger partial charge in [0.15, 0.2) is 0 Å². The monoisotopic (exact) mass is 250 g/mol. The van der Waals surface area contributed by atoms with Gasteiger partial charge in [0, 0.05) is 26.2 Å². The zero-order valence-electron chi connectivity index (χ0n) is 10.4. The standard InChI is InChI=1S/C13H18N2O3/c1-18-11-4-2-10(3-5-11)12(13(16)17)15-8-6-14-7-9-15/h2-5,12,14H,6-9H2,1H3,(H,16,17). The van der Waals surface area contributed by atoms with Gasteiger partial charge in [-0.25, -0.2) is 0 Å². The van der Waals surface area contributed by atoms with Crippen LogP contribution in [0.5, 0.6) is 5.75 Å². The van der Waals surface area contributed by atoms with Crippen molar-refractivity contribution in [3.8, 4) is 5.75 Å². The number of carboxylic acid groups (broad SMARTS) is 1. The lowest BCUT2D eigenvalue weighted by atomic mass is 10.0. The third-order valence-electron chi connectivity index (χ3n) is 3.18. The second kappa shape index (κ2) is 5.84. The highest BCUT2D eigenvalue weighted by molar-refractivity contribution is 5.75. The number of ether oxygens (including phenoxy) is 1. The minimum atomic E-state index is -0.804. The lowest BCUT2D eigenvalue weighted by Gasteiger charge is -2.32. The van der Waals surface area contributed by atoms with Crippen LogP contribution in [-0.4, -0.2) is 49.3 Å². The van der Waals surface area contributed by atoms with Gasteiger partial charge in [-0.1, -0.05) is 12.1 Å². The number of hydrogen-bond acceptors (Lipinski definition) is 4. The van der Waals surface area contributed by atoms with E-state index in [0.717, 1.165) is 37.5 Å². The minimum absolute atomic E-state index is 0.571. The van der Waals surface area contributed by atoms with E-state index in [1.54, 1.807) is 19.2 Å². The van der Waals surface area contributed by atoms with Crippen LogP contribution in [-0.2, 0) is 4.79 Å². The number of hydrogen-bond donors (Lipinski definition) is 2. The molecule has 0 amide bonds. The Kier molecular flexibility index (Phi) is 4.17. The molecule has 1 aromatic rings. The van der Waals surface area contributed by atoms with E-state index in [1.807, 2.05) is 17.0 Å². The molecule has 1 saturated heterocycles. The normalized spacial score (nSPS) is 18.3. The number of benzene rings is 1. The van der Waals surface area contributed by atoms with Gasteiger partial charge in [-0.05, 0) is 17.7 Å². The van der Waals surface area contributed by atoms with Crippen molar-refractivity contribution in [3.63, 3.8) is 0 Å². The Morgan fingerprint density at radius 2 is 1.94 bits per heavy atom. The topological polar surface area (TPSA) is 61.8 Å². The highest BCUT2D eigenvalue weighted by Gasteiger charge is 2.28. The van der Waals surface area contributed by atoms with Crippen LogP contribution in [0.25, 0.3) is 0 Å². The molecule has 5 nitrogen and oxygen atoms in total. The van der Waals surface area contributed by atoms with Crippen LogP contribution < -0.4 is 10.1 Å². The van der Waals surface area contributed by atoms with Gasteiger partial charge in [0.05, 0.1) is 7.11 Å². The van der Waals surface area contributed by atoms with Gasteiger partial charge in [-0.2, -0.15) is 0 Å². The van der Waals surface area contributed by atoms with Crippen LogP contribution in [0.3, 0.4) is 0 Å². The fourth-order valence-electron chi connectivity index (χ4n) is 2.24. The molecule has 2 rings (SSSR count). The number of nitrogens with one attached hydrogen (secondary N) is 1. The maximum Gasteiger partial charge on any atom is 0.325 e. The third-order valence-corrected chi connectivity index (χ3v) is 3.18. The molecule has 1 unspecified atom stereocenters. The van der Waals surface area contributed by atoms with E-state index in [1.165, 1.54) is 0 Å². The molecule has 0 spiro atoms. The zero-order chi connectivity index (χ0) is 13.0. The van der Waals surface area contributed by atoms with Crippen molar-refractivity contribution < 1.29 is 14.6 Å². The molecule has 1 aliphatic rings. The molecule has 5 heteroatoms. The summed E-state index contributed by atoms with van der Waals surface area (Å²) in [7, 11) is 1.60. The second-order valence-electron chi connectivity index (χ2n) is 4.30. The SMILES string of the molecule is COc1ccc(C(C(=O)O)N2CCNCC2)cc1. The van der Waals surface area contributed by atoms with E-state index in [2.05, 4.69) is 5.32 Å². The van der Waals surface area contributed by atoms with Crippen molar-refractivity contribution in [2.24, 2.45) is 0 Å². The molecule has 2 N–H and O–H groups in total. The number of methoxy groups -OCH3 is 1. The van der Waals surface area contributed by atoms with E-state index >= 15 is 0 Å². The van der Waals surface area contributed by atoms with Crippen molar-refractivity contribution in [2.45, 2.75) is 6.04 Å². The largest absolute Gasteiger partial charge is 0.497 e. The average molecular weight is 250 g/mol. The molecule has 18 heavy (non-hydrogen) atoms. The van der Waals surface area contributed by atoms with E-state index in [-0.39, 0.29) is 0 Å². The van der Waals surface area contributed by atoms with Crippen LogP contribution in [0.4, 0.5) is 0 Å². The summed E-state index contributed by atoms with van der Waals surface area (Å²) in [4.78, 5) is 13.4. The molecule has 1 fully saturated rings. The number of carbonyl (C=O) groups is 1. The Labute approximate surface area is 106 Å². The predicted molar refractivity (Wildman–Crippen MR) is 67.8 cm³/mol. The Bertz CT molecular complexity index is 399. The Morgan fingerprint density at radius 1 is 1.33 bits per heavy atom. The summed E-state index contributed by atoms with van der Waals surface area (Å²) < 4.78 is 5.08. The first-order chi connectivity index (χ1) is 8.72. The lowest BCUT2D eigenvalue weighted by molar-refractivity contribution is -0.143. The molecule has 1 aliphatic heterocycles. The molecule has 1 heterocycles. The van der Waals surface area contributed by atoms with E-state index in [4.69, 9.17) is 4.74 Å². The summed E-state index contributed by atoms with van der Waals surface area (Å²) in [6.45, 7) is 3.17. The van der Waals surface area contributed by atoms with Gasteiger partial charge in [-0.15, -0.1) is 0 Å². The number of nitrogens with zero attached hydrogens (tertiary/aromatic N) is 1. The Balaban J connectivity index is 2.20. The van der Waals surface area contributed by atoms with Crippen molar-refractivity contribution in [3.05, 3.63) is 29.8 Å². The molecular weight excluding hydrogens is 232 g/mol. The first-order valence-electron chi connectivity index (χ1n) is 6.04.